The van der Waals surface area contributed by atoms with Crippen LogP contribution < -0.4 is 0 Å². The second-order valence-electron chi connectivity index (χ2n) is 4.14. The van der Waals surface area contributed by atoms with E-state index in [0.29, 0.717) is 10.1 Å². The van der Waals surface area contributed by atoms with Gasteiger partial charge in [-0.1, -0.05) is 6.92 Å². The molecule has 2 heterocycles. The fourth-order valence-corrected chi connectivity index (χ4v) is 5.94. The minimum absolute atomic E-state index is 0.134. The predicted molar refractivity (Wildman–Crippen MR) is 80.6 cm³/mol. The lowest BCUT2D eigenvalue weighted by Gasteiger charge is -2.25. The van der Waals surface area contributed by atoms with Gasteiger partial charge in [-0.05, 0) is 0 Å². The zero-order chi connectivity index (χ0) is 14.0. The van der Waals surface area contributed by atoms with Crippen molar-refractivity contribution < 1.29 is 14.3 Å². The highest BCUT2D eigenvalue weighted by molar-refractivity contribution is 8.06. The van der Waals surface area contributed by atoms with E-state index in [9.17, 15) is 9.59 Å². The lowest BCUT2D eigenvalue weighted by molar-refractivity contribution is 0.0591. The second kappa shape index (κ2) is 6.28. The van der Waals surface area contributed by atoms with Crippen molar-refractivity contribution in [1.29, 1.82) is 0 Å². The van der Waals surface area contributed by atoms with Crippen molar-refractivity contribution in [2.45, 2.75) is 24.3 Å². The van der Waals surface area contributed by atoms with Crippen molar-refractivity contribution >= 4 is 46.6 Å². The Kier molecular flexibility index (Phi) is 4.92. The van der Waals surface area contributed by atoms with Gasteiger partial charge in [0.15, 0.2) is 11.5 Å². The van der Waals surface area contributed by atoms with Crippen LogP contribution in [0.25, 0.3) is 0 Å². The number of hydrogen-bond acceptors (Lipinski definition) is 7. The number of ketones is 1. The summed E-state index contributed by atoms with van der Waals surface area (Å²) in [4.78, 5) is 28.1. The first-order valence-electron chi connectivity index (χ1n) is 5.87. The quantitative estimate of drug-likeness (QED) is 0.631. The van der Waals surface area contributed by atoms with Gasteiger partial charge in [-0.15, -0.1) is 23.1 Å². The summed E-state index contributed by atoms with van der Waals surface area (Å²) < 4.78 is 4.70. The third-order valence-corrected chi connectivity index (χ3v) is 7.26. The smallest absolute Gasteiger partial charge is 0.358 e. The van der Waals surface area contributed by atoms with Crippen molar-refractivity contribution in [2.75, 3.05) is 18.6 Å². The Labute approximate surface area is 124 Å². The number of hydrogen-bond donors (Lipinski definition) is 0. The van der Waals surface area contributed by atoms with Crippen LogP contribution >= 0.6 is 34.9 Å². The fourth-order valence-electron chi connectivity index (χ4n) is 1.84. The molecule has 0 spiro atoms. The number of thiazole rings is 1. The number of esters is 1. The van der Waals surface area contributed by atoms with Crippen molar-refractivity contribution in [1.82, 2.24) is 4.98 Å². The largest absolute Gasteiger partial charge is 0.464 e. The number of nitrogens with zero attached hydrogens (tertiary/aromatic N) is 1. The molecular weight excluding hydrogens is 302 g/mol. The van der Waals surface area contributed by atoms with E-state index >= 15 is 0 Å². The van der Waals surface area contributed by atoms with E-state index in [2.05, 4.69) is 11.9 Å². The summed E-state index contributed by atoms with van der Waals surface area (Å²) in [5.74, 6) is 1.54. The lowest BCUT2D eigenvalue weighted by Crippen LogP contribution is -2.15. The van der Waals surface area contributed by atoms with Crippen LogP contribution in [0, 0.1) is 0 Å². The Balaban J connectivity index is 2.36. The Morgan fingerprint density at radius 3 is 2.58 bits per heavy atom. The van der Waals surface area contributed by atoms with Crippen LogP contribution in [-0.2, 0) is 4.74 Å². The van der Waals surface area contributed by atoms with E-state index in [-0.39, 0.29) is 16.7 Å². The number of methoxy groups -OCH3 is 1. The van der Waals surface area contributed by atoms with Crippen LogP contribution in [0.3, 0.4) is 0 Å². The predicted octanol–water partition coefficient (Wildman–Crippen LogP) is 3.04. The number of aromatic nitrogens is 1. The monoisotopic (exact) mass is 317 g/mol. The topological polar surface area (TPSA) is 56.3 Å². The number of thioether (sulfide) groups is 2. The van der Waals surface area contributed by atoms with Gasteiger partial charge >= 0.3 is 5.97 Å². The molecule has 7 heteroatoms. The molecule has 104 valence electrons. The van der Waals surface area contributed by atoms with Crippen molar-refractivity contribution in [3.63, 3.8) is 0 Å². The normalized spacial score (nSPS) is 23.1. The average molecular weight is 317 g/mol. The van der Waals surface area contributed by atoms with Gasteiger partial charge in [-0.25, -0.2) is 9.78 Å². The molecule has 2 rings (SSSR count). The van der Waals surface area contributed by atoms with Crippen LogP contribution in [0.4, 0.5) is 0 Å². The van der Waals surface area contributed by atoms with Crippen molar-refractivity contribution in [3.8, 4) is 0 Å². The van der Waals surface area contributed by atoms with Crippen molar-refractivity contribution in [3.05, 3.63) is 15.6 Å². The molecule has 19 heavy (non-hydrogen) atoms. The molecule has 2 unspecified atom stereocenters. The van der Waals surface area contributed by atoms with Gasteiger partial charge in [0, 0.05) is 23.7 Å². The molecule has 0 bridgehead atoms. The van der Waals surface area contributed by atoms with E-state index in [0.717, 1.165) is 16.5 Å². The maximum absolute atomic E-state index is 11.7. The van der Waals surface area contributed by atoms with E-state index in [1.165, 1.54) is 25.4 Å². The Hall–Kier alpha value is -0.530. The van der Waals surface area contributed by atoms with E-state index in [4.69, 9.17) is 4.74 Å². The maximum Gasteiger partial charge on any atom is 0.358 e. The lowest BCUT2D eigenvalue weighted by atomic mass is 10.3. The Morgan fingerprint density at radius 2 is 2.00 bits per heavy atom. The Bertz CT molecular complexity index is 500. The van der Waals surface area contributed by atoms with E-state index in [1.54, 1.807) is 0 Å². The van der Waals surface area contributed by atoms with Gasteiger partial charge in [0.05, 0.1) is 12.4 Å². The molecule has 0 amide bonds. The first kappa shape index (κ1) is 14.9. The summed E-state index contributed by atoms with van der Waals surface area (Å²) in [5, 5.41) is 1.55. The molecule has 0 radical (unpaired) electrons. The van der Waals surface area contributed by atoms with Gasteiger partial charge in [0.2, 0.25) is 0 Å². The highest BCUT2D eigenvalue weighted by atomic mass is 32.2. The minimum atomic E-state index is -0.534. The minimum Gasteiger partial charge on any atom is -0.464 e. The summed E-state index contributed by atoms with van der Waals surface area (Å²) in [7, 11) is 1.30. The third-order valence-electron chi connectivity index (χ3n) is 2.77. The molecular formula is C12H15NO3S3. The van der Waals surface area contributed by atoms with E-state index < -0.39 is 5.97 Å². The molecule has 4 nitrogen and oxygen atoms in total. The standard InChI is InChI=1S/C12H15NO3S3/c1-6(14)9-8(12(15)16-3)13-11(19-9)10-7(2)17-4-5-18-10/h7,10H,4-5H2,1-3H3. The number of carbonyl (C=O) groups is 2. The van der Waals surface area contributed by atoms with Crippen LogP contribution in [0.2, 0.25) is 0 Å². The highest BCUT2D eigenvalue weighted by Gasteiger charge is 2.30. The number of ether oxygens (including phenoxy) is 1. The molecule has 1 aliphatic rings. The van der Waals surface area contributed by atoms with Gasteiger partial charge in [-0.3, -0.25) is 4.79 Å². The maximum atomic E-state index is 11.7. The molecule has 1 aromatic rings. The average Bonchev–Trinajstić information content (AvgIpc) is 2.83. The highest BCUT2D eigenvalue weighted by Crippen LogP contribution is 2.44. The number of rotatable bonds is 3. The molecule has 0 aromatic carbocycles. The third kappa shape index (κ3) is 3.14. The molecule has 0 N–H and O–H groups in total. The summed E-state index contributed by atoms with van der Waals surface area (Å²) >= 11 is 5.07. The molecule has 1 aromatic heterocycles. The van der Waals surface area contributed by atoms with Gasteiger partial charge in [0.25, 0.3) is 0 Å². The van der Waals surface area contributed by atoms with Gasteiger partial charge in [0.1, 0.15) is 9.88 Å². The van der Waals surface area contributed by atoms with Crippen LogP contribution in [0.15, 0.2) is 0 Å². The zero-order valence-corrected chi connectivity index (χ0v) is 13.4. The molecule has 0 saturated carbocycles. The zero-order valence-electron chi connectivity index (χ0n) is 11.0. The van der Waals surface area contributed by atoms with Gasteiger partial charge in [-0.2, -0.15) is 11.8 Å². The number of Topliss-reactive ketones (excluding diaryl/α,β-unsaturated/α-hetero) is 1. The van der Waals surface area contributed by atoms with Gasteiger partial charge < -0.3 is 4.74 Å². The molecule has 0 aliphatic carbocycles. The summed E-state index contributed by atoms with van der Waals surface area (Å²) in [6.07, 6.45) is 0. The van der Waals surface area contributed by atoms with Crippen LogP contribution in [0.5, 0.6) is 0 Å². The fraction of sp³-hybridized carbons (Fsp3) is 0.583. The number of carbonyl (C=O) groups excluding carboxylic acids is 2. The Morgan fingerprint density at radius 1 is 1.32 bits per heavy atom. The molecule has 1 saturated heterocycles. The molecule has 1 fully saturated rings. The molecule has 2 atom stereocenters. The first-order chi connectivity index (χ1) is 9.04. The summed E-state index contributed by atoms with van der Waals surface area (Å²) in [6.45, 7) is 3.62. The summed E-state index contributed by atoms with van der Waals surface area (Å²) in [5.41, 5.74) is 0.165. The first-order valence-corrected chi connectivity index (χ1v) is 8.79. The van der Waals surface area contributed by atoms with Crippen LogP contribution in [-0.4, -0.2) is 40.6 Å². The second-order valence-corrected chi connectivity index (χ2v) is 7.91. The van der Waals surface area contributed by atoms with E-state index in [1.807, 2.05) is 23.5 Å². The SMILES string of the molecule is COC(=O)c1nc(C2SCCSC2C)sc1C(C)=O. The molecule has 1 aliphatic heterocycles. The van der Waals surface area contributed by atoms with Crippen molar-refractivity contribution in [2.24, 2.45) is 0 Å². The van der Waals surface area contributed by atoms with Crippen LogP contribution in [0.1, 0.15) is 44.3 Å². The summed E-state index contributed by atoms with van der Waals surface area (Å²) in [6, 6.07) is 0.